The van der Waals surface area contributed by atoms with Gasteiger partial charge in [0.05, 0.1) is 18.4 Å². The molecule has 0 spiro atoms. The normalized spacial score (nSPS) is 10.6. The van der Waals surface area contributed by atoms with Crippen LogP contribution in [0.3, 0.4) is 0 Å². The zero-order valence-electron chi connectivity index (χ0n) is 10.5. The summed E-state index contributed by atoms with van der Waals surface area (Å²) in [5.74, 6) is 0.356. The Kier molecular flexibility index (Phi) is 4.19. The van der Waals surface area contributed by atoms with Crippen molar-refractivity contribution in [2.24, 2.45) is 0 Å². The van der Waals surface area contributed by atoms with E-state index in [2.05, 4.69) is 20.3 Å². The molecule has 19 heavy (non-hydrogen) atoms. The molecule has 0 saturated heterocycles. The summed E-state index contributed by atoms with van der Waals surface area (Å²) in [7, 11) is 0. The Hall–Kier alpha value is -2.28. The summed E-state index contributed by atoms with van der Waals surface area (Å²) in [6, 6.07) is 0. The maximum atomic E-state index is 11.0. The first-order chi connectivity index (χ1) is 9.20. The molecule has 0 amide bonds. The largest absolute Gasteiger partial charge is 0.478 e. The summed E-state index contributed by atoms with van der Waals surface area (Å²) in [4.78, 5) is 22.7. The van der Waals surface area contributed by atoms with Gasteiger partial charge in [-0.25, -0.2) is 19.7 Å². The van der Waals surface area contributed by atoms with Crippen LogP contribution in [0.2, 0.25) is 0 Å². The van der Waals surface area contributed by atoms with Crippen molar-refractivity contribution in [3.63, 3.8) is 0 Å². The van der Waals surface area contributed by atoms with Crippen molar-refractivity contribution in [1.29, 1.82) is 0 Å². The average Bonchev–Trinajstić information content (AvgIpc) is 2.87. The van der Waals surface area contributed by atoms with Crippen molar-refractivity contribution >= 4 is 5.97 Å². The number of aryl methyl sites for hydroxylation is 1. The Morgan fingerprint density at radius 3 is 2.89 bits per heavy atom. The van der Waals surface area contributed by atoms with Crippen LogP contribution in [-0.4, -0.2) is 26.0 Å². The fraction of sp³-hybridized carbons (Fsp3) is 0.333. The van der Waals surface area contributed by atoms with Gasteiger partial charge in [-0.1, -0.05) is 6.92 Å². The lowest BCUT2D eigenvalue weighted by atomic mass is 10.2. The molecule has 0 aliphatic carbocycles. The van der Waals surface area contributed by atoms with Crippen LogP contribution in [0.25, 0.3) is 0 Å². The fourth-order valence-electron chi connectivity index (χ4n) is 1.56. The van der Waals surface area contributed by atoms with Crippen LogP contribution < -0.4 is 5.32 Å². The summed E-state index contributed by atoms with van der Waals surface area (Å²) < 4.78 is 5.43. The van der Waals surface area contributed by atoms with Gasteiger partial charge in [0.2, 0.25) is 5.89 Å². The van der Waals surface area contributed by atoms with Crippen molar-refractivity contribution in [1.82, 2.24) is 20.3 Å². The second kappa shape index (κ2) is 6.05. The van der Waals surface area contributed by atoms with E-state index < -0.39 is 5.97 Å². The Morgan fingerprint density at radius 2 is 2.21 bits per heavy atom. The number of hydrogen-bond acceptors (Lipinski definition) is 6. The van der Waals surface area contributed by atoms with Gasteiger partial charge in [0, 0.05) is 19.2 Å². The van der Waals surface area contributed by atoms with Crippen LogP contribution in [0, 0.1) is 0 Å². The highest BCUT2D eigenvalue weighted by Crippen LogP contribution is 2.06. The first-order valence-electron chi connectivity index (χ1n) is 5.87. The van der Waals surface area contributed by atoms with Crippen LogP contribution in [0.15, 0.2) is 23.1 Å². The zero-order valence-corrected chi connectivity index (χ0v) is 10.5. The Bertz CT molecular complexity index is 568. The monoisotopic (exact) mass is 262 g/mol. The number of oxazole rings is 1. The van der Waals surface area contributed by atoms with Crippen molar-refractivity contribution in [3.05, 3.63) is 41.6 Å². The summed E-state index contributed by atoms with van der Waals surface area (Å²) >= 11 is 0. The first-order valence-corrected chi connectivity index (χ1v) is 5.87. The third-order valence-electron chi connectivity index (χ3n) is 2.54. The van der Waals surface area contributed by atoms with E-state index in [-0.39, 0.29) is 5.56 Å². The molecular weight excluding hydrogens is 248 g/mol. The van der Waals surface area contributed by atoms with E-state index in [1.54, 1.807) is 6.20 Å². The first kappa shape index (κ1) is 13.2. The number of aromatic carboxylic acids is 1. The standard InChI is InChI=1S/C12H14N4O3/c1-2-8-3-15-11(19-8)6-13-5-10-9(12(17)18)4-14-7-16-10/h3-4,7,13H,2,5-6H2,1H3,(H,17,18). The van der Waals surface area contributed by atoms with E-state index in [0.29, 0.717) is 24.7 Å². The number of nitrogens with one attached hydrogen (secondary N) is 1. The van der Waals surface area contributed by atoms with E-state index in [4.69, 9.17) is 9.52 Å². The minimum atomic E-state index is -1.04. The lowest BCUT2D eigenvalue weighted by Gasteiger charge is -2.04. The molecule has 0 aliphatic rings. The van der Waals surface area contributed by atoms with E-state index >= 15 is 0 Å². The number of carbonyl (C=O) groups is 1. The Morgan fingerprint density at radius 1 is 1.37 bits per heavy atom. The highest BCUT2D eigenvalue weighted by atomic mass is 16.4. The van der Waals surface area contributed by atoms with Gasteiger partial charge in [0.15, 0.2) is 0 Å². The van der Waals surface area contributed by atoms with Gasteiger partial charge in [0.25, 0.3) is 0 Å². The second-order valence-electron chi connectivity index (χ2n) is 3.87. The maximum Gasteiger partial charge on any atom is 0.339 e. The van der Waals surface area contributed by atoms with E-state index in [0.717, 1.165) is 12.2 Å². The predicted octanol–water partition coefficient (Wildman–Crippen LogP) is 1.01. The van der Waals surface area contributed by atoms with E-state index in [9.17, 15) is 4.79 Å². The van der Waals surface area contributed by atoms with Crippen LogP contribution in [-0.2, 0) is 19.5 Å². The number of nitrogens with zero attached hydrogens (tertiary/aromatic N) is 3. The van der Waals surface area contributed by atoms with Crippen molar-refractivity contribution < 1.29 is 14.3 Å². The van der Waals surface area contributed by atoms with Crippen LogP contribution in [0.5, 0.6) is 0 Å². The average molecular weight is 262 g/mol. The van der Waals surface area contributed by atoms with Gasteiger partial charge in [-0.05, 0) is 0 Å². The maximum absolute atomic E-state index is 11.0. The summed E-state index contributed by atoms with van der Waals surface area (Å²) in [6.45, 7) is 2.72. The molecule has 100 valence electrons. The second-order valence-corrected chi connectivity index (χ2v) is 3.87. The van der Waals surface area contributed by atoms with E-state index in [1.807, 2.05) is 6.92 Å². The number of rotatable bonds is 6. The number of aromatic nitrogens is 3. The number of carboxylic acid groups (broad SMARTS) is 1. The molecule has 0 bridgehead atoms. The Balaban J connectivity index is 1.94. The third-order valence-corrected chi connectivity index (χ3v) is 2.54. The Labute approximate surface area is 109 Å². The smallest absolute Gasteiger partial charge is 0.339 e. The predicted molar refractivity (Wildman–Crippen MR) is 65.4 cm³/mol. The number of carboxylic acids is 1. The molecule has 2 rings (SSSR count). The molecule has 0 unspecified atom stereocenters. The molecular formula is C12H14N4O3. The molecule has 0 atom stereocenters. The molecule has 7 nitrogen and oxygen atoms in total. The molecule has 2 heterocycles. The molecule has 7 heteroatoms. The van der Waals surface area contributed by atoms with Crippen LogP contribution in [0.4, 0.5) is 0 Å². The molecule has 0 saturated carbocycles. The topological polar surface area (TPSA) is 101 Å². The third kappa shape index (κ3) is 3.35. The molecule has 0 aromatic carbocycles. The van der Waals surface area contributed by atoms with Gasteiger partial charge in [-0.2, -0.15) is 0 Å². The minimum absolute atomic E-state index is 0.0941. The van der Waals surface area contributed by atoms with Crippen LogP contribution in [0.1, 0.15) is 34.6 Å². The molecule has 0 aliphatic heterocycles. The highest BCUT2D eigenvalue weighted by molar-refractivity contribution is 5.88. The van der Waals surface area contributed by atoms with Crippen molar-refractivity contribution in [3.8, 4) is 0 Å². The highest BCUT2D eigenvalue weighted by Gasteiger charge is 2.11. The lowest BCUT2D eigenvalue weighted by molar-refractivity contribution is 0.0694. The van der Waals surface area contributed by atoms with Crippen LogP contribution >= 0.6 is 0 Å². The molecule has 2 aromatic rings. The van der Waals surface area contributed by atoms with Crippen molar-refractivity contribution in [2.45, 2.75) is 26.4 Å². The SMILES string of the molecule is CCc1cnc(CNCc2ncncc2C(=O)O)o1. The lowest BCUT2D eigenvalue weighted by Crippen LogP contribution is -2.17. The van der Waals surface area contributed by atoms with E-state index in [1.165, 1.54) is 12.5 Å². The summed E-state index contributed by atoms with van der Waals surface area (Å²) in [5, 5.41) is 12.0. The van der Waals surface area contributed by atoms with Gasteiger partial charge in [-0.15, -0.1) is 0 Å². The number of hydrogen-bond donors (Lipinski definition) is 2. The zero-order chi connectivity index (χ0) is 13.7. The summed E-state index contributed by atoms with van der Waals surface area (Å²) in [6.07, 6.45) is 5.09. The van der Waals surface area contributed by atoms with Crippen molar-refractivity contribution in [2.75, 3.05) is 0 Å². The minimum Gasteiger partial charge on any atom is -0.478 e. The van der Waals surface area contributed by atoms with Gasteiger partial charge in [-0.3, -0.25) is 0 Å². The van der Waals surface area contributed by atoms with Gasteiger partial charge < -0.3 is 14.8 Å². The van der Waals surface area contributed by atoms with Gasteiger partial charge >= 0.3 is 5.97 Å². The molecule has 0 radical (unpaired) electrons. The molecule has 2 N–H and O–H groups in total. The fourth-order valence-corrected chi connectivity index (χ4v) is 1.56. The quantitative estimate of drug-likeness (QED) is 0.801. The molecule has 2 aromatic heterocycles. The van der Waals surface area contributed by atoms with Gasteiger partial charge in [0.1, 0.15) is 17.7 Å². The summed E-state index contributed by atoms with van der Waals surface area (Å²) in [5.41, 5.74) is 0.529. The molecule has 0 fully saturated rings.